The van der Waals surface area contributed by atoms with E-state index < -0.39 is 0 Å². The Morgan fingerprint density at radius 3 is 0.833 bits per heavy atom. The third kappa shape index (κ3) is 39.8. The van der Waals surface area contributed by atoms with E-state index in [-0.39, 0.29) is 35.0 Å². The summed E-state index contributed by atoms with van der Waals surface area (Å²) in [7, 11) is 0. The zero-order valence-electron chi connectivity index (χ0n) is 3.58. The van der Waals surface area contributed by atoms with Crippen molar-refractivity contribution >= 4 is 52.9 Å². The molecule has 0 aromatic rings. The number of hydrogen-bond acceptors (Lipinski definition) is 0. The van der Waals surface area contributed by atoms with E-state index in [1.807, 2.05) is 0 Å². The molecule has 6 heavy (non-hydrogen) atoms. The zero-order chi connectivity index (χ0) is 2.71. The molecular formula is CH11Cl2P3. The van der Waals surface area contributed by atoms with Crippen molar-refractivity contribution in [3.05, 3.63) is 0 Å². The molecule has 0 rings (SSSR count). The Hall–Kier alpha value is 1.87. The van der Waals surface area contributed by atoms with Gasteiger partial charge in [-0.15, -0.1) is 23.2 Å². The fourth-order valence-corrected chi connectivity index (χ4v) is 0. The van der Waals surface area contributed by atoms with Gasteiger partial charge in [0.2, 0.25) is 0 Å². The molecule has 0 radical (unpaired) electrons. The normalized spacial score (nSPS) is 3.00. The van der Waals surface area contributed by atoms with E-state index in [1.165, 1.54) is 0 Å². The van der Waals surface area contributed by atoms with E-state index in [2.05, 4.69) is 0 Å². The highest BCUT2D eigenvalue weighted by molar-refractivity contribution is 6.92. The Balaban J connectivity index is -0.00000000667. The smallest absolute Gasteiger partial charge is 0.0967 e. The molecule has 0 spiro atoms. The number of alkyl halides is 2. The minimum absolute atomic E-state index is 0. The highest BCUT2D eigenvalue weighted by atomic mass is 35.5. The van der Waals surface area contributed by atoms with Crippen molar-refractivity contribution in [1.29, 1.82) is 0 Å². The second-order valence-corrected chi connectivity index (χ2v) is 0.909. The Labute approximate surface area is 58.6 Å². The summed E-state index contributed by atoms with van der Waals surface area (Å²) in [5, 5.41) is 0.194. The van der Waals surface area contributed by atoms with Crippen LogP contribution in [0, 0.1) is 0 Å². The van der Waals surface area contributed by atoms with Gasteiger partial charge < -0.3 is 0 Å². The summed E-state index contributed by atoms with van der Waals surface area (Å²) in [5.74, 6) is 0. The first-order valence-corrected chi connectivity index (χ1v) is 1.60. The minimum Gasteiger partial charge on any atom is -0.153 e. The molecule has 0 saturated heterocycles. The SMILES string of the molecule is ClCCl.P.P.P. The second-order valence-electron chi connectivity index (χ2n) is 0.101. The molecule has 0 aliphatic rings. The van der Waals surface area contributed by atoms with Crippen LogP contribution < -0.4 is 0 Å². The molecule has 5 heteroatoms. The third-order valence-electron chi connectivity index (χ3n) is 0. The molecule has 3 atom stereocenters. The van der Waals surface area contributed by atoms with Gasteiger partial charge in [0.1, 0.15) is 0 Å². The summed E-state index contributed by atoms with van der Waals surface area (Å²) >= 11 is 9.53. The molecule has 0 aromatic heterocycles. The lowest BCUT2D eigenvalue weighted by atomic mass is 11.9. The second kappa shape index (κ2) is 28.7. The topological polar surface area (TPSA) is 0 Å². The van der Waals surface area contributed by atoms with Crippen molar-refractivity contribution in [1.82, 2.24) is 0 Å². The molecule has 0 aromatic carbocycles. The highest BCUT2D eigenvalue weighted by Crippen LogP contribution is 1.73. The van der Waals surface area contributed by atoms with Gasteiger partial charge in [-0.1, -0.05) is 0 Å². The maximum absolute atomic E-state index is 4.76. The fourth-order valence-electron chi connectivity index (χ4n) is 0. The van der Waals surface area contributed by atoms with E-state index in [1.54, 1.807) is 0 Å². The largest absolute Gasteiger partial charge is 0.153 e. The fraction of sp³-hybridized carbons (Fsp3) is 1.00. The van der Waals surface area contributed by atoms with Crippen molar-refractivity contribution < 1.29 is 0 Å². The summed E-state index contributed by atoms with van der Waals surface area (Å²) < 4.78 is 0. The van der Waals surface area contributed by atoms with Crippen LogP contribution in [-0.2, 0) is 0 Å². The van der Waals surface area contributed by atoms with Crippen molar-refractivity contribution in [2.75, 3.05) is 5.34 Å². The van der Waals surface area contributed by atoms with Gasteiger partial charge >= 0.3 is 0 Å². The molecule has 0 aliphatic heterocycles. The number of hydrogen-bond donors (Lipinski definition) is 0. The predicted molar refractivity (Wildman–Crippen MR) is 49.9 cm³/mol. The van der Waals surface area contributed by atoms with Gasteiger partial charge in [0.25, 0.3) is 0 Å². The molecule has 0 nitrogen and oxygen atoms in total. The van der Waals surface area contributed by atoms with Crippen LogP contribution in [0.3, 0.4) is 0 Å². The summed E-state index contributed by atoms with van der Waals surface area (Å²) in [6.45, 7) is 0. The molecule has 0 aliphatic carbocycles. The molecular weight excluding hydrogens is 176 g/mol. The van der Waals surface area contributed by atoms with Crippen LogP contribution in [0.15, 0.2) is 0 Å². The molecule has 0 fully saturated rings. The zero-order valence-corrected chi connectivity index (χ0v) is 9.34. The summed E-state index contributed by atoms with van der Waals surface area (Å²) in [4.78, 5) is 0. The summed E-state index contributed by atoms with van der Waals surface area (Å²) in [6, 6.07) is 0. The Bertz CT molecular complexity index is 8.75. The predicted octanol–water partition coefficient (Wildman–Crippen LogP) is 1.60. The maximum atomic E-state index is 4.76. The van der Waals surface area contributed by atoms with Crippen molar-refractivity contribution in [3.8, 4) is 0 Å². The van der Waals surface area contributed by atoms with E-state index in [9.17, 15) is 0 Å². The average molecular weight is 187 g/mol. The van der Waals surface area contributed by atoms with Crippen LogP contribution >= 0.6 is 52.9 Å². The van der Waals surface area contributed by atoms with Gasteiger partial charge in [0.15, 0.2) is 0 Å². The molecule has 0 amide bonds. The van der Waals surface area contributed by atoms with Gasteiger partial charge in [-0.25, -0.2) is 0 Å². The van der Waals surface area contributed by atoms with Crippen molar-refractivity contribution in [2.45, 2.75) is 0 Å². The van der Waals surface area contributed by atoms with Crippen molar-refractivity contribution in [3.63, 3.8) is 0 Å². The maximum Gasteiger partial charge on any atom is 0.0967 e. The van der Waals surface area contributed by atoms with Gasteiger partial charge in [0.05, 0.1) is 5.34 Å². The van der Waals surface area contributed by atoms with Crippen LogP contribution in [0.2, 0.25) is 0 Å². The number of rotatable bonds is 0. The molecule has 3 unspecified atom stereocenters. The Kier molecular flexibility index (Phi) is 119. The van der Waals surface area contributed by atoms with Crippen LogP contribution in [-0.4, -0.2) is 5.34 Å². The lowest BCUT2D eigenvalue weighted by Gasteiger charge is -1.42. The lowest BCUT2D eigenvalue weighted by Crippen LogP contribution is -1.24. The first kappa shape index (κ1) is 24.8. The molecule has 0 bridgehead atoms. The first-order valence-electron chi connectivity index (χ1n) is 0.535. The van der Waals surface area contributed by atoms with E-state index in [0.29, 0.717) is 0 Å². The van der Waals surface area contributed by atoms with Crippen LogP contribution in [0.4, 0.5) is 0 Å². The monoisotopic (exact) mass is 186 g/mol. The van der Waals surface area contributed by atoms with Gasteiger partial charge in [-0.2, -0.15) is 29.7 Å². The lowest BCUT2D eigenvalue weighted by molar-refractivity contribution is 2.20. The van der Waals surface area contributed by atoms with Crippen LogP contribution in [0.5, 0.6) is 0 Å². The molecule has 0 heterocycles. The summed E-state index contributed by atoms with van der Waals surface area (Å²) in [6.07, 6.45) is 0. The highest BCUT2D eigenvalue weighted by Gasteiger charge is 1.41. The van der Waals surface area contributed by atoms with Crippen LogP contribution in [0.1, 0.15) is 0 Å². The standard InChI is InChI=1S/CH2Cl2.3H3P/c2-1-3;;;/h1H2;3*1H3. The molecule has 0 N–H and O–H groups in total. The summed E-state index contributed by atoms with van der Waals surface area (Å²) in [5.41, 5.74) is 0. The third-order valence-corrected chi connectivity index (χ3v) is 0. The Morgan fingerprint density at radius 1 is 0.833 bits per heavy atom. The van der Waals surface area contributed by atoms with Gasteiger partial charge in [0, 0.05) is 0 Å². The van der Waals surface area contributed by atoms with Gasteiger partial charge in [-0.05, 0) is 0 Å². The van der Waals surface area contributed by atoms with E-state index in [0.717, 1.165) is 0 Å². The average Bonchev–Trinajstić information content (AvgIpc) is 0.918. The van der Waals surface area contributed by atoms with Crippen molar-refractivity contribution in [2.24, 2.45) is 0 Å². The quantitative estimate of drug-likeness (QED) is 0.399. The molecule has 0 saturated carbocycles. The number of halogens is 2. The van der Waals surface area contributed by atoms with Crippen LogP contribution in [0.25, 0.3) is 0 Å². The van der Waals surface area contributed by atoms with Gasteiger partial charge in [-0.3, -0.25) is 0 Å². The molecule has 44 valence electrons. The van der Waals surface area contributed by atoms with E-state index in [4.69, 9.17) is 23.2 Å². The first-order chi connectivity index (χ1) is 1.41. The Morgan fingerprint density at radius 2 is 0.833 bits per heavy atom. The minimum atomic E-state index is 0. The van der Waals surface area contributed by atoms with E-state index >= 15 is 0 Å².